The summed E-state index contributed by atoms with van der Waals surface area (Å²) in [5, 5.41) is 2.24. The van der Waals surface area contributed by atoms with Crippen molar-refractivity contribution in [3.63, 3.8) is 0 Å². The zero-order valence-electron chi connectivity index (χ0n) is 6.26. The molecule has 1 heterocycles. The van der Waals surface area contributed by atoms with Gasteiger partial charge in [-0.3, -0.25) is 0 Å². The summed E-state index contributed by atoms with van der Waals surface area (Å²) < 4.78 is 0. The second-order valence-electron chi connectivity index (χ2n) is 3.11. The van der Waals surface area contributed by atoms with Crippen molar-refractivity contribution in [1.29, 1.82) is 0 Å². The highest BCUT2D eigenvalue weighted by atomic mass is 32.2. The lowest BCUT2D eigenvalue weighted by atomic mass is 10.1. The summed E-state index contributed by atoms with van der Waals surface area (Å²) in [5.41, 5.74) is 1.61. The van der Waals surface area contributed by atoms with Crippen LogP contribution in [0.2, 0.25) is 0 Å². The van der Waals surface area contributed by atoms with Gasteiger partial charge in [0.1, 0.15) is 0 Å². The molecule has 0 spiro atoms. The molecule has 2 aliphatic rings. The lowest BCUT2D eigenvalue weighted by molar-refractivity contribution is 1.03. The number of hydrogen-bond acceptors (Lipinski definition) is 1. The maximum Gasteiger partial charge on any atom is -0.00851 e. The van der Waals surface area contributed by atoms with Crippen LogP contribution in [0.25, 0.3) is 0 Å². The van der Waals surface area contributed by atoms with E-state index in [1.807, 2.05) is 11.8 Å². The standard InChI is InChI=1S/C9H12S/c1-7-3-2-6-10-9(7)8-4-5-8/h2,6,8H,3-5H2,1H3. The van der Waals surface area contributed by atoms with Gasteiger partial charge < -0.3 is 0 Å². The Balaban J connectivity index is 2.14. The largest absolute Gasteiger partial charge is 0.103 e. The molecule has 0 unspecified atom stereocenters. The Bertz CT molecular complexity index is 197. The molecule has 0 nitrogen and oxygen atoms in total. The second kappa shape index (κ2) is 2.46. The number of allylic oxidation sites excluding steroid dienone is 3. The van der Waals surface area contributed by atoms with Gasteiger partial charge in [0.2, 0.25) is 0 Å². The Morgan fingerprint density at radius 2 is 2.30 bits per heavy atom. The third kappa shape index (κ3) is 1.15. The molecule has 1 fully saturated rings. The van der Waals surface area contributed by atoms with Crippen LogP contribution in [0.3, 0.4) is 0 Å². The zero-order valence-corrected chi connectivity index (χ0v) is 7.08. The third-order valence-corrected chi connectivity index (χ3v) is 3.35. The molecule has 0 radical (unpaired) electrons. The first kappa shape index (κ1) is 6.53. The molecule has 10 heavy (non-hydrogen) atoms. The van der Waals surface area contributed by atoms with Crippen molar-refractivity contribution in [3.8, 4) is 0 Å². The van der Waals surface area contributed by atoms with Gasteiger partial charge in [0.15, 0.2) is 0 Å². The van der Waals surface area contributed by atoms with E-state index < -0.39 is 0 Å². The van der Waals surface area contributed by atoms with Crippen molar-refractivity contribution < 1.29 is 0 Å². The first-order chi connectivity index (χ1) is 4.88. The fourth-order valence-corrected chi connectivity index (χ4v) is 2.39. The summed E-state index contributed by atoms with van der Waals surface area (Å²) in [6, 6.07) is 0. The molecule has 0 amide bonds. The highest BCUT2D eigenvalue weighted by molar-refractivity contribution is 8.05. The molecule has 0 N–H and O–H groups in total. The predicted molar refractivity (Wildman–Crippen MR) is 46.8 cm³/mol. The number of hydrogen-bond donors (Lipinski definition) is 0. The van der Waals surface area contributed by atoms with Crippen LogP contribution in [-0.2, 0) is 0 Å². The van der Waals surface area contributed by atoms with Crippen molar-refractivity contribution in [1.82, 2.24) is 0 Å². The molecule has 1 saturated carbocycles. The molecule has 0 saturated heterocycles. The van der Waals surface area contributed by atoms with Crippen molar-refractivity contribution in [2.45, 2.75) is 26.2 Å². The van der Waals surface area contributed by atoms with E-state index in [4.69, 9.17) is 0 Å². The molecular formula is C9H12S. The van der Waals surface area contributed by atoms with Crippen LogP contribution in [0.15, 0.2) is 22.0 Å². The van der Waals surface area contributed by atoms with Crippen LogP contribution >= 0.6 is 11.8 Å². The Labute approximate surface area is 66.4 Å². The molecule has 0 atom stereocenters. The third-order valence-electron chi connectivity index (χ3n) is 2.08. The van der Waals surface area contributed by atoms with Crippen LogP contribution in [0.1, 0.15) is 26.2 Å². The summed E-state index contributed by atoms with van der Waals surface area (Å²) in [7, 11) is 0. The van der Waals surface area contributed by atoms with Gasteiger partial charge in [-0.05, 0) is 42.4 Å². The van der Waals surface area contributed by atoms with E-state index in [1.54, 1.807) is 10.5 Å². The van der Waals surface area contributed by atoms with Crippen molar-refractivity contribution >= 4 is 11.8 Å². The summed E-state index contributed by atoms with van der Waals surface area (Å²) >= 11 is 1.94. The highest BCUT2D eigenvalue weighted by Gasteiger charge is 2.27. The highest BCUT2D eigenvalue weighted by Crippen LogP contribution is 2.46. The van der Waals surface area contributed by atoms with E-state index in [0.29, 0.717) is 0 Å². The fraction of sp³-hybridized carbons (Fsp3) is 0.556. The average molecular weight is 152 g/mol. The normalized spacial score (nSPS) is 25.7. The molecule has 0 aromatic rings. The lowest BCUT2D eigenvalue weighted by Gasteiger charge is -2.10. The minimum absolute atomic E-state index is 0.954. The van der Waals surface area contributed by atoms with Crippen LogP contribution in [0, 0.1) is 5.92 Å². The van der Waals surface area contributed by atoms with E-state index in [-0.39, 0.29) is 0 Å². The SMILES string of the molecule is CC1=C(C2CC2)SC=CC1. The van der Waals surface area contributed by atoms with Crippen molar-refractivity contribution in [2.24, 2.45) is 5.92 Å². The maximum absolute atomic E-state index is 2.27. The predicted octanol–water partition coefficient (Wildman–Crippen LogP) is 3.32. The summed E-state index contributed by atoms with van der Waals surface area (Å²) in [6.45, 7) is 2.27. The molecular weight excluding hydrogens is 140 g/mol. The van der Waals surface area contributed by atoms with Crippen LogP contribution in [-0.4, -0.2) is 0 Å². The van der Waals surface area contributed by atoms with Gasteiger partial charge in [-0.2, -0.15) is 0 Å². The van der Waals surface area contributed by atoms with Crippen molar-refractivity contribution in [3.05, 3.63) is 22.0 Å². The monoisotopic (exact) mass is 152 g/mol. The Hall–Kier alpha value is -0.170. The summed E-state index contributed by atoms with van der Waals surface area (Å²) in [6.07, 6.45) is 6.33. The van der Waals surface area contributed by atoms with Gasteiger partial charge in [0, 0.05) is 0 Å². The van der Waals surface area contributed by atoms with Gasteiger partial charge >= 0.3 is 0 Å². The smallest absolute Gasteiger partial charge is 0.00851 e. The Morgan fingerprint density at radius 1 is 1.50 bits per heavy atom. The Kier molecular flexibility index (Phi) is 1.61. The van der Waals surface area contributed by atoms with Crippen LogP contribution in [0.5, 0.6) is 0 Å². The minimum atomic E-state index is 0.954. The quantitative estimate of drug-likeness (QED) is 0.555. The molecule has 0 aromatic carbocycles. The van der Waals surface area contributed by atoms with Gasteiger partial charge in [-0.25, -0.2) is 0 Å². The van der Waals surface area contributed by atoms with E-state index in [9.17, 15) is 0 Å². The molecule has 1 aliphatic heterocycles. The van der Waals surface area contributed by atoms with E-state index in [0.717, 1.165) is 5.92 Å². The summed E-state index contributed by atoms with van der Waals surface area (Å²) in [4.78, 5) is 1.67. The first-order valence-electron chi connectivity index (χ1n) is 3.89. The maximum atomic E-state index is 2.27. The topological polar surface area (TPSA) is 0 Å². The van der Waals surface area contributed by atoms with Gasteiger partial charge in [-0.15, -0.1) is 11.8 Å². The Morgan fingerprint density at radius 3 is 2.90 bits per heavy atom. The minimum Gasteiger partial charge on any atom is -0.103 e. The van der Waals surface area contributed by atoms with Gasteiger partial charge in [-0.1, -0.05) is 11.6 Å². The molecule has 54 valence electrons. The molecule has 1 aliphatic carbocycles. The lowest BCUT2D eigenvalue weighted by Crippen LogP contribution is -1.88. The number of rotatable bonds is 1. The zero-order chi connectivity index (χ0) is 6.97. The van der Waals surface area contributed by atoms with Gasteiger partial charge in [0.05, 0.1) is 0 Å². The van der Waals surface area contributed by atoms with E-state index in [1.165, 1.54) is 19.3 Å². The molecule has 0 aromatic heterocycles. The molecule has 1 heteroatoms. The average Bonchev–Trinajstić information content (AvgIpc) is 2.71. The van der Waals surface area contributed by atoms with Gasteiger partial charge in [0.25, 0.3) is 0 Å². The van der Waals surface area contributed by atoms with E-state index in [2.05, 4.69) is 18.4 Å². The number of thioether (sulfide) groups is 1. The van der Waals surface area contributed by atoms with Crippen LogP contribution in [0.4, 0.5) is 0 Å². The van der Waals surface area contributed by atoms with Crippen molar-refractivity contribution in [2.75, 3.05) is 0 Å². The summed E-state index contributed by atoms with van der Waals surface area (Å²) in [5.74, 6) is 0.954. The molecule has 2 rings (SSSR count). The van der Waals surface area contributed by atoms with E-state index >= 15 is 0 Å². The fourth-order valence-electron chi connectivity index (χ4n) is 1.34. The van der Waals surface area contributed by atoms with Crippen LogP contribution < -0.4 is 0 Å². The second-order valence-corrected chi connectivity index (χ2v) is 4.06. The first-order valence-corrected chi connectivity index (χ1v) is 4.77. The molecule has 0 bridgehead atoms.